The minimum atomic E-state index is -0.167. The van der Waals surface area contributed by atoms with Crippen LogP contribution in [0.4, 0.5) is 5.69 Å². The van der Waals surface area contributed by atoms with Gasteiger partial charge < -0.3 is 5.32 Å². The molecule has 5 aromatic rings. The fraction of sp³-hybridized carbons (Fsp3) is 0.0526. The molecule has 0 bridgehead atoms. The Morgan fingerprint density at radius 1 is 1.11 bits per heavy atom. The lowest BCUT2D eigenvalue weighted by Crippen LogP contribution is -2.20. The third kappa shape index (κ3) is 2.85. The molecule has 2 aromatic carbocycles. The van der Waals surface area contributed by atoms with E-state index in [1.54, 1.807) is 16.0 Å². The highest BCUT2D eigenvalue weighted by Crippen LogP contribution is 2.28. The zero-order chi connectivity index (χ0) is 18.2. The minimum absolute atomic E-state index is 0.0904. The van der Waals surface area contributed by atoms with E-state index in [0.717, 1.165) is 32.9 Å². The van der Waals surface area contributed by atoms with Crippen molar-refractivity contribution in [3.05, 3.63) is 66.3 Å². The van der Waals surface area contributed by atoms with E-state index < -0.39 is 0 Å². The normalized spacial score (nSPS) is 11.3. The first-order chi connectivity index (χ1) is 13.3. The van der Waals surface area contributed by atoms with Crippen molar-refractivity contribution in [3.63, 3.8) is 0 Å². The fourth-order valence-electron chi connectivity index (χ4n) is 3.03. The van der Waals surface area contributed by atoms with Crippen LogP contribution in [0.25, 0.3) is 27.3 Å². The van der Waals surface area contributed by atoms with E-state index in [9.17, 15) is 4.79 Å². The molecule has 0 saturated carbocycles. The molecule has 0 aliphatic heterocycles. The second-order valence-corrected chi connectivity index (χ2v) is 6.92. The van der Waals surface area contributed by atoms with Crippen LogP contribution in [0.1, 0.15) is 0 Å². The summed E-state index contributed by atoms with van der Waals surface area (Å²) in [7, 11) is 0. The summed E-state index contributed by atoms with van der Waals surface area (Å²) in [5, 5.41) is 13.1. The number of imidazole rings is 1. The maximum absolute atomic E-state index is 12.6. The van der Waals surface area contributed by atoms with Gasteiger partial charge in [-0.15, -0.1) is 16.4 Å². The van der Waals surface area contributed by atoms with Crippen LogP contribution in [0.15, 0.2) is 66.3 Å². The number of aromatic nitrogens is 5. The van der Waals surface area contributed by atoms with Gasteiger partial charge in [-0.2, -0.15) is 0 Å². The topological polar surface area (TPSA) is 77.1 Å². The van der Waals surface area contributed by atoms with Crippen molar-refractivity contribution in [2.75, 3.05) is 5.32 Å². The molecule has 0 aliphatic carbocycles. The van der Waals surface area contributed by atoms with Crippen LogP contribution in [-0.2, 0) is 11.3 Å². The van der Waals surface area contributed by atoms with E-state index in [2.05, 4.69) is 20.6 Å². The lowest BCUT2D eigenvalue weighted by atomic mass is 10.1. The molecule has 0 spiro atoms. The predicted octanol–water partition coefficient (Wildman–Crippen LogP) is 3.45. The molecule has 3 aromatic heterocycles. The van der Waals surface area contributed by atoms with Crippen molar-refractivity contribution in [1.82, 2.24) is 24.4 Å². The third-order valence-corrected chi connectivity index (χ3v) is 5.05. The van der Waals surface area contributed by atoms with Gasteiger partial charge in [-0.1, -0.05) is 35.5 Å². The summed E-state index contributed by atoms with van der Waals surface area (Å²) in [5.41, 5.74) is 4.02. The van der Waals surface area contributed by atoms with E-state index in [1.807, 2.05) is 70.7 Å². The first-order valence-electron chi connectivity index (χ1n) is 8.37. The average molecular weight is 374 g/mol. The predicted molar refractivity (Wildman–Crippen MR) is 105 cm³/mol. The molecule has 0 saturated heterocycles. The first-order valence-corrected chi connectivity index (χ1v) is 9.25. The zero-order valence-corrected chi connectivity index (χ0v) is 14.9. The number of thiazole rings is 1. The second-order valence-electron chi connectivity index (χ2n) is 6.05. The van der Waals surface area contributed by atoms with Crippen LogP contribution in [0.5, 0.6) is 0 Å². The maximum Gasteiger partial charge on any atom is 0.246 e. The molecule has 3 heterocycles. The van der Waals surface area contributed by atoms with Crippen LogP contribution < -0.4 is 5.32 Å². The Morgan fingerprint density at radius 3 is 2.89 bits per heavy atom. The number of fused-ring (bicyclic) bond motifs is 2. The molecular weight excluding hydrogens is 360 g/mol. The van der Waals surface area contributed by atoms with Gasteiger partial charge >= 0.3 is 0 Å². The highest BCUT2D eigenvalue weighted by Gasteiger charge is 2.13. The molecule has 0 radical (unpaired) electrons. The maximum atomic E-state index is 12.6. The van der Waals surface area contributed by atoms with Crippen LogP contribution in [0.2, 0.25) is 0 Å². The van der Waals surface area contributed by atoms with Gasteiger partial charge in [0.2, 0.25) is 5.91 Å². The number of carbonyl (C=O) groups is 1. The van der Waals surface area contributed by atoms with Crippen LogP contribution in [0.3, 0.4) is 0 Å². The Labute approximate surface area is 157 Å². The summed E-state index contributed by atoms with van der Waals surface area (Å²) in [6, 6.07) is 15.2. The number of carbonyl (C=O) groups excluding carboxylic acids is 1. The Morgan fingerprint density at radius 2 is 1.96 bits per heavy atom. The monoisotopic (exact) mass is 374 g/mol. The van der Waals surface area contributed by atoms with Gasteiger partial charge in [0, 0.05) is 23.3 Å². The van der Waals surface area contributed by atoms with Gasteiger partial charge in [0.15, 0.2) is 4.96 Å². The Hall–Kier alpha value is -3.52. The number of nitrogens with zero attached hydrogens (tertiary/aromatic N) is 5. The summed E-state index contributed by atoms with van der Waals surface area (Å²) < 4.78 is 3.57. The van der Waals surface area contributed by atoms with Crippen molar-refractivity contribution in [2.24, 2.45) is 0 Å². The molecule has 132 valence electrons. The number of hydrogen-bond donors (Lipinski definition) is 1. The van der Waals surface area contributed by atoms with Crippen LogP contribution in [-0.4, -0.2) is 30.3 Å². The number of nitrogens with one attached hydrogen (secondary N) is 1. The molecule has 7 nitrogen and oxygen atoms in total. The van der Waals surface area contributed by atoms with Crippen LogP contribution in [0, 0.1) is 0 Å². The van der Waals surface area contributed by atoms with Gasteiger partial charge in [0.25, 0.3) is 0 Å². The standard InChI is InChI=1S/C19H14N6OS/c26-18(12-25-17-8-4-3-7-15(17)22-23-25)20-14-6-2-1-5-13(14)16-11-24-9-10-27-19(24)21-16/h1-11H,12H2,(H,20,26). The molecule has 5 rings (SSSR count). The zero-order valence-electron chi connectivity index (χ0n) is 14.1. The van der Waals surface area contributed by atoms with Crippen molar-refractivity contribution in [3.8, 4) is 11.3 Å². The molecular formula is C19H14N6OS. The quantitative estimate of drug-likeness (QED) is 0.523. The summed E-state index contributed by atoms with van der Waals surface area (Å²) in [4.78, 5) is 18.2. The van der Waals surface area contributed by atoms with Gasteiger partial charge in [-0.3, -0.25) is 9.20 Å². The summed E-state index contributed by atoms with van der Waals surface area (Å²) in [6.45, 7) is 0.0904. The van der Waals surface area contributed by atoms with E-state index in [0.29, 0.717) is 0 Å². The molecule has 0 fully saturated rings. The summed E-state index contributed by atoms with van der Waals surface area (Å²) in [5.74, 6) is -0.167. The number of para-hydroxylation sites is 2. The number of amides is 1. The highest BCUT2D eigenvalue weighted by atomic mass is 32.1. The van der Waals surface area contributed by atoms with Gasteiger partial charge in [-0.25, -0.2) is 9.67 Å². The second kappa shape index (κ2) is 6.33. The fourth-order valence-corrected chi connectivity index (χ4v) is 3.73. The van der Waals surface area contributed by atoms with E-state index in [4.69, 9.17) is 0 Å². The SMILES string of the molecule is O=C(Cn1nnc2ccccc21)Nc1ccccc1-c1cn2ccsc2n1. The lowest BCUT2D eigenvalue weighted by Gasteiger charge is -2.09. The molecule has 0 atom stereocenters. The van der Waals surface area contributed by atoms with Crippen molar-refractivity contribution < 1.29 is 4.79 Å². The van der Waals surface area contributed by atoms with Crippen LogP contribution >= 0.6 is 11.3 Å². The molecule has 27 heavy (non-hydrogen) atoms. The summed E-state index contributed by atoms with van der Waals surface area (Å²) in [6.07, 6.45) is 3.93. The first kappa shape index (κ1) is 15.7. The molecule has 1 amide bonds. The molecule has 0 aliphatic rings. The largest absolute Gasteiger partial charge is 0.324 e. The Kier molecular flexibility index (Phi) is 3.68. The number of anilines is 1. The van der Waals surface area contributed by atoms with E-state index in [-0.39, 0.29) is 12.5 Å². The number of rotatable bonds is 4. The number of hydrogen-bond acceptors (Lipinski definition) is 5. The molecule has 1 N–H and O–H groups in total. The highest BCUT2D eigenvalue weighted by molar-refractivity contribution is 7.15. The van der Waals surface area contributed by atoms with Crippen molar-refractivity contribution in [1.29, 1.82) is 0 Å². The Balaban J connectivity index is 1.42. The van der Waals surface area contributed by atoms with Gasteiger partial charge in [-0.05, 0) is 18.2 Å². The van der Waals surface area contributed by atoms with E-state index >= 15 is 0 Å². The van der Waals surface area contributed by atoms with Crippen molar-refractivity contribution in [2.45, 2.75) is 6.54 Å². The minimum Gasteiger partial charge on any atom is -0.324 e. The van der Waals surface area contributed by atoms with Gasteiger partial charge in [0.1, 0.15) is 12.1 Å². The lowest BCUT2D eigenvalue weighted by molar-refractivity contribution is -0.116. The number of benzene rings is 2. The van der Waals surface area contributed by atoms with Crippen molar-refractivity contribution >= 4 is 38.9 Å². The average Bonchev–Trinajstić information content (AvgIpc) is 3.37. The van der Waals surface area contributed by atoms with E-state index in [1.165, 1.54) is 0 Å². The third-order valence-electron chi connectivity index (χ3n) is 4.28. The summed E-state index contributed by atoms with van der Waals surface area (Å²) >= 11 is 1.57. The Bertz CT molecular complexity index is 1240. The smallest absolute Gasteiger partial charge is 0.246 e. The van der Waals surface area contributed by atoms with Gasteiger partial charge in [0.05, 0.1) is 16.9 Å². The molecule has 0 unspecified atom stereocenters. The molecule has 8 heteroatoms.